The number of ether oxygens (including phenoxy) is 2. The minimum atomic E-state index is -0.637. The molecule has 1 amide bonds. The Morgan fingerprint density at radius 3 is 2.90 bits per heavy atom. The maximum Gasteiger partial charge on any atom is 0.274 e. The smallest absolute Gasteiger partial charge is 0.274 e. The Morgan fingerprint density at radius 1 is 1.39 bits per heavy atom. The third kappa shape index (κ3) is 4.58. The molecule has 1 N–H and O–H groups in total. The van der Waals surface area contributed by atoms with Crippen molar-refractivity contribution >= 4 is 22.6 Å². The van der Waals surface area contributed by atoms with Crippen LogP contribution in [0, 0.1) is 11.7 Å². The third-order valence-electron chi connectivity index (χ3n) is 4.97. The Morgan fingerprint density at radius 2 is 2.19 bits per heavy atom. The zero-order valence-electron chi connectivity index (χ0n) is 17.6. The van der Waals surface area contributed by atoms with Crippen LogP contribution < -0.4 is 15.6 Å². The summed E-state index contributed by atoms with van der Waals surface area (Å²) in [6.07, 6.45) is 3.60. The van der Waals surface area contributed by atoms with Crippen LogP contribution in [0.2, 0.25) is 0 Å². The van der Waals surface area contributed by atoms with Gasteiger partial charge in [0, 0.05) is 50.0 Å². The second-order valence-corrected chi connectivity index (χ2v) is 7.94. The van der Waals surface area contributed by atoms with Gasteiger partial charge in [0.05, 0.1) is 12.7 Å². The minimum absolute atomic E-state index is 0.0997. The van der Waals surface area contributed by atoms with E-state index in [1.165, 1.54) is 7.05 Å². The Bertz CT molecular complexity index is 1180. The summed E-state index contributed by atoms with van der Waals surface area (Å²) in [7, 11) is 1.41. The molecule has 4 heterocycles. The van der Waals surface area contributed by atoms with Crippen LogP contribution >= 0.6 is 0 Å². The van der Waals surface area contributed by atoms with Crippen molar-refractivity contribution in [1.29, 1.82) is 0 Å². The number of hydrogen-bond acceptors (Lipinski definition) is 6. The molecular weight excluding hydrogens is 405 g/mol. The summed E-state index contributed by atoms with van der Waals surface area (Å²) < 4.78 is 27.7. The number of aromatic nitrogens is 4. The van der Waals surface area contributed by atoms with E-state index in [4.69, 9.17) is 9.47 Å². The maximum absolute atomic E-state index is 13.7. The second kappa shape index (κ2) is 8.46. The molecule has 0 radical (unpaired) electrons. The summed E-state index contributed by atoms with van der Waals surface area (Å²) >= 11 is 0. The zero-order valence-corrected chi connectivity index (χ0v) is 17.6. The van der Waals surface area contributed by atoms with Gasteiger partial charge in [0.25, 0.3) is 11.5 Å². The van der Waals surface area contributed by atoms with Gasteiger partial charge in [0.15, 0.2) is 5.65 Å². The predicted molar refractivity (Wildman–Crippen MR) is 112 cm³/mol. The van der Waals surface area contributed by atoms with Gasteiger partial charge < -0.3 is 19.4 Å². The normalized spacial score (nSPS) is 16.2. The Balaban J connectivity index is 1.68. The first-order chi connectivity index (χ1) is 14.8. The molecule has 31 heavy (non-hydrogen) atoms. The molecule has 1 aliphatic heterocycles. The molecular formula is C21H24FN5O4. The van der Waals surface area contributed by atoms with Crippen LogP contribution in [0.3, 0.4) is 0 Å². The first kappa shape index (κ1) is 21.0. The van der Waals surface area contributed by atoms with Crippen LogP contribution in [0.25, 0.3) is 11.0 Å². The summed E-state index contributed by atoms with van der Waals surface area (Å²) in [4.78, 5) is 29.6. The second-order valence-electron chi connectivity index (χ2n) is 7.94. The highest BCUT2D eigenvalue weighted by Crippen LogP contribution is 2.24. The van der Waals surface area contributed by atoms with Crippen molar-refractivity contribution < 1.29 is 18.7 Å². The molecule has 0 bridgehead atoms. The van der Waals surface area contributed by atoms with E-state index >= 15 is 0 Å². The van der Waals surface area contributed by atoms with Gasteiger partial charge in [-0.25, -0.2) is 4.39 Å². The minimum Gasteiger partial charge on any atom is -0.474 e. The molecule has 10 heteroatoms. The summed E-state index contributed by atoms with van der Waals surface area (Å²) in [6, 6.07) is 2.60. The van der Waals surface area contributed by atoms with Crippen molar-refractivity contribution in [3.63, 3.8) is 0 Å². The number of anilines is 1. The molecule has 1 fully saturated rings. The highest BCUT2D eigenvalue weighted by Gasteiger charge is 2.21. The molecule has 1 unspecified atom stereocenters. The van der Waals surface area contributed by atoms with Crippen molar-refractivity contribution in [3.8, 4) is 5.88 Å². The predicted octanol–water partition coefficient (Wildman–Crippen LogP) is 2.35. The summed E-state index contributed by atoms with van der Waals surface area (Å²) in [5, 5.41) is 7.64. The maximum atomic E-state index is 13.7. The van der Waals surface area contributed by atoms with Crippen molar-refractivity contribution in [2.24, 2.45) is 13.0 Å². The quantitative estimate of drug-likeness (QED) is 0.646. The fraction of sp³-hybridized carbons (Fsp3) is 0.429. The summed E-state index contributed by atoms with van der Waals surface area (Å²) in [6.45, 7) is 5.77. The number of carbonyl (C=O) groups excluding carboxylic acids is 1. The van der Waals surface area contributed by atoms with Crippen molar-refractivity contribution in [2.75, 3.05) is 18.5 Å². The van der Waals surface area contributed by atoms with E-state index in [0.29, 0.717) is 30.1 Å². The Labute approximate surface area is 177 Å². The summed E-state index contributed by atoms with van der Waals surface area (Å²) in [5.41, 5.74) is -0.106. The van der Waals surface area contributed by atoms with Gasteiger partial charge >= 0.3 is 0 Å². The lowest BCUT2D eigenvalue weighted by molar-refractivity contribution is 0.102. The number of aryl methyl sites for hydroxylation is 1. The van der Waals surface area contributed by atoms with Gasteiger partial charge in [0.1, 0.15) is 17.1 Å². The topological polar surface area (TPSA) is 100 Å². The lowest BCUT2D eigenvalue weighted by Crippen LogP contribution is -2.25. The first-order valence-electron chi connectivity index (χ1n) is 10.1. The van der Waals surface area contributed by atoms with Crippen LogP contribution in [0.4, 0.5) is 10.1 Å². The third-order valence-corrected chi connectivity index (χ3v) is 4.97. The molecule has 4 rings (SSSR count). The molecule has 3 aromatic heterocycles. The molecule has 0 spiro atoms. The molecule has 164 valence electrons. The van der Waals surface area contributed by atoms with E-state index in [1.807, 2.05) is 20.0 Å². The van der Waals surface area contributed by atoms with Gasteiger partial charge in [0.2, 0.25) is 5.88 Å². The fourth-order valence-corrected chi connectivity index (χ4v) is 3.50. The number of pyridine rings is 2. The largest absolute Gasteiger partial charge is 0.474 e. The molecule has 9 nitrogen and oxygen atoms in total. The fourth-order valence-electron chi connectivity index (χ4n) is 3.50. The average molecular weight is 429 g/mol. The number of halogens is 1. The van der Waals surface area contributed by atoms with Crippen LogP contribution in [0.1, 0.15) is 30.6 Å². The van der Waals surface area contributed by atoms with Crippen LogP contribution in [-0.2, 0) is 18.3 Å². The first-order valence-corrected chi connectivity index (χ1v) is 10.1. The van der Waals surface area contributed by atoms with Gasteiger partial charge in [-0.2, -0.15) is 10.1 Å². The highest BCUT2D eigenvalue weighted by molar-refractivity contribution is 6.07. The van der Waals surface area contributed by atoms with Crippen molar-refractivity contribution in [2.45, 2.75) is 32.9 Å². The monoisotopic (exact) mass is 429 g/mol. The Kier molecular flexibility index (Phi) is 5.73. The number of rotatable bonds is 6. The van der Waals surface area contributed by atoms with Crippen LogP contribution in [0.5, 0.6) is 5.88 Å². The average Bonchev–Trinajstić information content (AvgIpc) is 3.33. The van der Waals surface area contributed by atoms with Crippen LogP contribution in [-0.4, -0.2) is 44.6 Å². The lowest BCUT2D eigenvalue weighted by atomic mass is 10.1. The number of nitrogens with one attached hydrogen (secondary N) is 1. The molecule has 0 saturated carbocycles. The van der Waals surface area contributed by atoms with E-state index in [1.54, 1.807) is 10.7 Å². The van der Waals surface area contributed by atoms with E-state index in [2.05, 4.69) is 15.4 Å². The number of amides is 1. The van der Waals surface area contributed by atoms with Crippen LogP contribution in [0.15, 0.2) is 29.3 Å². The molecule has 1 saturated heterocycles. The van der Waals surface area contributed by atoms with E-state index < -0.39 is 17.3 Å². The van der Waals surface area contributed by atoms with Crippen molar-refractivity contribution in [1.82, 2.24) is 19.3 Å². The van der Waals surface area contributed by atoms with E-state index in [9.17, 15) is 14.0 Å². The number of hydrogen-bond donors (Lipinski definition) is 1. The van der Waals surface area contributed by atoms with Gasteiger partial charge in [-0.05, 0) is 26.3 Å². The van der Waals surface area contributed by atoms with E-state index in [-0.39, 0.29) is 23.2 Å². The Hall–Kier alpha value is -3.27. The number of nitrogens with zero attached hydrogens (tertiary/aromatic N) is 4. The lowest BCUT2D eigenvalue weighted by Gasteiger charge is -2.13. The summed E-state index contributed by atoms with van der Waals surface area (Å²) in [5.74, 6) is -0.776. The number of carbonyl (C=O) groups is 1. The SMILES string of the molecule is CC(C)Oc1nc2nn(CC3CCOC3)cc2cc1C(=O)Nc1cc(F)cn(C)c1=O. The van der Waals surface area contributed by atoms with E-state index in [0.717, 1.165) is 29.9 Å². The van der Waals surface area contributed by atoms with Gasteiger partial charge in [-0.3, -0.25) is 14.3 Å². The molecule has 1 aliphatic rings. The zero-order chi connectivity index (χ0) is 22.1. The van der Waals surface area contributed by atoms with Crippen molar-refractivity contribution in [3.05, 3.63) is 46.3 Å². The number of fused-ring (bicyclic) bond motifs is 1. The van der Waals surface area contributed by atoms with Gasteiger partial charge in [-0.15, -0.1) is 0 Å². The standard InChI is InChI=1S/C21H24FN5O4/c1-12(2)31-20-16(19(28)23-17-7-15(22)10-26(3)21(17)29)6-14-9-27(25-18(14)24-20)8-13-4-5-30-11-13/h6-7,9-10,12-13H,4-5,8,11H2,1-3H3,(H,23,28). The molecule has 3 aromatic rings. The molecule has 0 aromatic carbocycles. The van der Waals surface area contributed by atoms with Gasteiger partial charge in [-0.1, -0.05) is 0 Å². The molecule has 1 atom stereocenters. The molecule has 0 aliphatic carbocycles. The highest BCUT2D eigenvalue weighted by atomic mass is 19.1.